The summed E-state index contributed by atoms with van der Waals surface area (Å²) in [6.45, 7) is 0.829. The third-order valence-corrected chi connectivity index (χ3v) is 8.46. The molecule has 0 radical (unpaired) electrons. The number of halogens is 1. The van der Waals surface area contributed by atoms with Gasteiger partial charge in [0.2, 0.25) is 5.91 Å². The van der Waals surface area contributed by atoms with Crippen LogP contribution >= 0.6 is 11.3 Å². The Bertz CT molecular complexity index is 1450. The second-order valence-electron chi connectivity index (χ2n) is 9.84. The molecule has 3 aromatic rings. The molecule has 1 aromatic heterocycles. The maximum Gasteiger partial charge on any atom is 0.307 e. The van der Waals surface area contributed by atoms with E-state index in [1.165, 1.54) is 12.0 Å². The largest absolute Gasteiger partial charge is 0.493 e. The Morgan fingerprint density at radius 2 is 1.85 bits per heavy atom. The lowest BCUT2D eigenvalue weighted by Gasteiger charge is -2.15. The highest BCUT2D eigenvalue weighted by atomic mass is 32.1. The van der Waals surface area contributed by atoms with E-state index in [2.05, 4.69) is 0 Å². The topological polar surface area (TPSA) is 112 Å². The number of methoxy groups -OCH3 is 2. The van der Waals surface area contributed by atoms with Gasteiger partial charge in [-0.3, -0.25) is 9.59 Å². The van der Waals surface area contributed by atoms with Crippen LogP contribution < -0.4 is 18.9 Å². The molecule has 40 heavy (non-hydrogen) atoms. The van der Waals surface area contributed by atoms with Crippen molar-refractivity contribution in [1.82, 2.24) is 4.90 Å². The van der Waals surface area contributed by atoms with Crippen molar-refractivity contribution in [3.05, 3.63) is 46.1 Å². The molecular formula is C29H30FNO8S. The summed E-state index contributed by atoms with van der Waals surface area (Å²) in [5.41, 5.74) is 1.05. The zero-order valence-corrected chi connectivity index (χ0v) is 23.1. The van der Waals surface area contributed by atoms with Gasteiger partial charge in [0.25, 0.3) is 0 Å². The van der Waals surface area contributed by atoms with Crippen molar-refractivity contribution in [2.24, 2.45) is 5.92 Å². The average Bonchev–Trinajstić information content (AvgIpc) is 3.47. The summed E-state index contributed by atoms with van der Waals surface area (Å²) in [6, 6.07) is 7.49. The Morgan fingerprint density at radius 1 is 1.07 bits per heavy atom. The number of hydrogen-bond acceptors (Lipinski definition) is 8. The Hall–Kier alpha value is -3.86. The van der Waals surface area contributed by atoms with Crippen molar-refractivity contribution in [2.75, 3.05) is 27.4 Å². The molecule has 2 atom stereocenters. The van der Waals surface area contributed by atoms with Gasteiger partial charge in [-0.1, -0.05) is 0 Å². The standard InChI is InChI=1S/C29H30FNO8S/c1-36-21-13-24-16(11-25(40-24)18-12-19(18)29(34)35)9-22(21)38-7-4-8-39-28-23(37-2)10-17-14-31(15-20(17)27(28)30)26(33)5-3-6-32/h6,9-11,13,18-19H,3-5,7-8,12,14-15H2,1-2H3,(H,34,35). The van der Waals surface area contributed by atoms with Crippen LogP contribution in [0.3, 0.4) is 0 Å². The van der Waals surface area contributed by atoms with Crippen molar-refractivity contribution in [1.29, 1.82) is 0 Å². The fraction of sp³-hybridized carbons (Fsp3) is 0.414. The second-order valence-corrected chi connectivity index (χ2v) is 11.0. The van der Waals surface area contributed by atoms with Crippen LogP contribution in [0.2, 0.25) is 0 Å². The van der Waals surface area contributed by atoms with Crippen LogP contribution in [0.25, 0.3) is 10.1 Å². The number of hydrogen-bond donors (Lipinski definition) is 1. The van der Waals surface area contributed by atoms with Gasteiger partial charge in [-0.2, -0.15) is 0 Å². The number of carbonyl (C=O) groups excluding carboxylic acids is 2. The lowest BCUT2D eigenvalue weighted by Crippen LogP contribution is -2.25. The number of carboxylic acids is 1. The van der Waals surface area contributed by atoms with E-state index in [1.54, 1.807) is 24.5 Å². The van der Waals surface area contributed by atoms with Crippen LogP contribution in [0.4, 0.5) is 4.39 Å². The highest BCUT2D eigenvalue weighted by Gasteiger charge is 2.45. The zero-order chi connectivity index (χ0) is 28.4. The molecule has 1 aliphatic carbocycles. The summed E-state index contributed by atoms with van der Waals surface area (Å²) >= 11 is 1.57. The Kier molecular flexibility index (Phi) is 8.11. The number of aliphatic carboxylic acids is 1. The summed E-state index contributed by atoms with van der Waals surface area (Å²) in [4.78, 5) is 36.7. The molecular weight excluding hydrogens is 541 g/mol. The molecule has 0 saturated heterocycles. The lowest BCUT2D eigenvalue weighted by atomic mass is 10.1. The number of nitrogens with zero attached hydrogens (tertiary/aromatic N) is 1. The van der Waals surface area contributed by atoms with Crippen LogP contribution in [0.1, 0.15) is 47.6 Å². The zero-order valence-electron chi connectivity index (χ0n) is 22.2. The molecule has 212 valence electrons. The second kappa shape index (κ2) is 11.7. The molecule has 2 aromatic carbocycles. The van der Waals surface area contributed by atoms with E-state index in [1.807, 2.05) is 18.2 Å². The molecule has 11 heteroatoms. The third-order valence-electron chi connectivity index (χ3n) is 7.23. The minimum absolute atomic E-state index is 0.00650. The smallest absolute Gasteiger partial charge is 0.307 e. The molecule has 0 bridgehead atoms. The summed E-state index contributed by atoms with van der Waals surface area (Å²) < 4.78 is 39.0. The number of aldehydes is 1. The number of carboxylic acid groups (broad SMARTS) is 1. The number of fused-ring (bicyclic) bond motifs is 2. The van der Waals surface area contributed by atoms with Crippen molar-refractivity contribution in [2.45, 2.75) is 44.7 Å². The number of thiophene rings is 1. The fourth-order valence-corrected chi connectivity index (χ4v) is 6.24. The van der Waals surface area contributed by atoms with Crippen LogP contribution in [-0.2, 0) is 27.5 Å². The van der Waals surface area contributed by atoms with Crippen molar-refractivity contribution in [3.63, 3.8) is 0 Å². The highest BCUT2D eigenvalue weighted by Crippen LogP contribution is 2.51. The number of carbonyl (C=O) groups is 3. The van der Waals surface area contributed by atoms with E-state index in [9.17, 15) is 19.5 Å². The predicted molar refractivity (Wildman–Crippen MR) is 145 cm³/mol. The first-order chi connectivity index (χ1) is 19.3. The number of benzene rings is 2. The maximum absolute atomic E-state index is 15.4. The molecule has 1 N–H and O–H groups in total. The number of rotatable bonds is 13. The van der Waals surface area contributed by atoms with Crippen LogP contribution in [-0.4, -0.2) is 55.6 Å². The molecule has 2 heterocycles. The van der Waals surface area contributed by atoms with Gasteiger partial charge < -0.3 is 33.7 Å². The molecule has 2 unspecified atom stereocenters. The molecule has 1 saturated carbocycles. The summed E-state index contributed by atoms with van der Waals surface area (Å²) in [7, 11) is 3.00. The molecule has 2 aliphatic rings. The average molecular weight is 572 g/mol. The Labute approximate surface area is 234 Å². The summed E-state index contributed by atoms with van der Waals surface area (Å²) in [5.74, 6) is -0.385. The highest BCUT2D eigenvalue weighted by molar-refractivity contribution is 7.19. The molecule has 5 rings (SSSR count). The van der Waals surface area contributed by atoms with Crippen molar-refractivity contribution < 1.29 is 42.8 Å². The molecule has 1 fully saturated rings. The van der Waals surface area contributed by atoms with E-state index >= 15 is 4.39 Å². The van der Waals surface area contributed by atoms with E-state index in [0.29, 0.717) is 41.8 Å². The van der Waals surface area contributed by atoms with Crippen LogP contribution in [0.15, 0.2) is 24.3 Å². The monoisotopic (exact) mass is 571 g/mol. The van der Waals surface area contributed by atoms with E-state index < -0.39 is 11.8 Å². The molecule has 0 spiro atoms. The first-order valence-corrected chi connectivity index (χ1v) is 13.9. The van der Waals surface area contributed by atoms with Gasteiger partial charge in [0, 0.05) is 59.5 Å². The normalized spacial score (nSPS) is 17.4. The number of amides is 1. The van der Waals surface area contributed by atoms with E-state index in [4.69, 9.17) is 18.9 Å². The lowest BCUT2D eigenvalue weighted by molar-refractivity contribution is -0.138. The van der Waals surface area contributed by atoms with Gasteiger partial charge in [-0.15, -0.1) is 11.3 Å². The summed E-state index contributed by atoms with van der Waals surface area (Å²) in [5, 5.41) is 10.2. The van der Waals surface area contributed by atoms with Crippen LogP contribution in [0, 0.1) is 11.7 Å². The quantitative estimate of drug-likeness (QED) is 0.228. The SMILES string of the molecule is COc1cc2sc(C3CC3C(=O)O)cc2cc1OCCCOc1c(OC)cc2c(c1F)CN(C(=O)CCC=O)C2. The number of ether oxygens (including phenoxy) is 4. The Balaban J connectivity index is 1.19. The van der Waals surface area contributed by atoms with Crippen molar-refractivity contribution in [3.8, 4) is 23.0 Å². The van der Waals surface area contributed by atoms with Gasteiger partial charge in [0.1, 0.15) is 6.29 Å². The predicted octanol–water partition coefficient (Wildman–Crippen LogP) is 4.91. The molecule has 1 amide bonds. The fourth-order valence-electron chi connectivity index (χ4n) is 4.99. The molecule has 1 aliphatic heterocycles. The maximum atomic E-state index is 15.4. The molecule has 9 nitrogen and oxygen atoms in total. The first-order valence-electron chi connectivity index (χ1n) is 13.0. The van der Waals surface area contributed by atoms with Gasteiger partial charge in [0.05, 0.1) is 33.4 Å². The van der Waals surface area contributed by atoms with Gasteiger partial charge in [-0.25, -0.2) is 4.39 Å². The van der Waals surface area contributed by atoms with E-state index in [0.717, 1.165) is 15.0 Å². The first kappa shape index (κ1) is 27.7. The minimum atomic E-state index is -0.758. The minimum Gasteiger partial charge on any atom is -0.493 e. The van der Waals surface area contributed by atoms with E-state index in [-0.39, 0.29) is 68.4 Å². The Morgan fingerprint density at radius 3 is 2.55 bits per heavy atom. The van der Waals surface area contributed by atoms with Gasteiger partial charge in [0.15, 0.2) is 28.8 Å². The van der Waals surface area contributed by atoms with Gasteiger partial charge in [-0.05, 0) is 35.6 Å². The van der Waals surface area contributed by atoms with Crippen molar-refractivity contribution >= 4 is 39.6 Å². The van der Waals surface area contributed by atoms with Crippen LogP contribution in [0.5, 0.6) is 23.0 Å². The van der Waals surface area contributed by atoms with Gasteiger partial charge >= 0.3 is 5.97 Å². The summed E-state index contributed by atoms with van der Waals surface area (Å²) in [6.07, 6.45) is 2.04. The third kappa shape index (κ3) is 5.56.